The molecule has 0 amide bonds. The van der Waals surface area contributed by atoms with Crippen LogP contribution in [0.3, 0.4) is 0 Å². The molecule has 0 N–H and O–H groups in total. The van der Waals surface area contributed by atoms with Crippen molar-refractivity contribution < 1.29 is 13.5 Å². The standard InChI is InChI=1S/C11H10F2O/c12-10-4-3-8(6-11(10)13)9-2-1-5-14-7-9/h1,3-6,9H,2,7H2. The van der Waals surface area contributed by atoms with E-state index in [0.717, 1.165) is 18.1 Å². The first-order chi connectivity index (χ1) is 6.77. The third kappa shape index (κ3) is 1.76. The number of benzene rings is 1. The Kier molecular flexibility index (Phi) is 2.48. The summed E-state index contributed by atoms with van der Waals surface area (Å²) in [7, 11) is 0. The van der Waals surface area contributed by atoms with Gasteiger partial charge in [-0.05, 0) is 30.2 Å². The highest BCUT2D eigenvalue weighted by Crippen LogP contribution is 2.24. The quantitative estimate of drug-likeness (QED) is 0.671. The summed E-state index contributed by atoms with van der Waals surface area (Å²) in [6.07, 6.45) is 4.33. The molecule has 1 aromatic carbocycles. The monoisotopic (exact) mass is 196 g/mol. The van der Waals surface area contributed by atoms with Crippen molar-refractivity contribution in [2.24, 2.45) is 0 Å². The van der Waals surface area contributed by atoms with E-state index in [0.29, 0.717) is 6.61 Å². The Morgan fingerprint density at radius 1 is 1.21 bits per heavy atom. The Morgan fingerprint density at radius 2 is 2.07 bits per heavy atom. The second kappa shape index (κ2) is 3.78. The van der Waals surface area contributed by atoms with Crippen LogP contribution in [0.4, 0.5) is 8.78 Å². The summed E-state index contributed by atoms with van der Waals surface area (Å²) in [5.41, 5.74) is 0.785. The minimum Gasteiger partial charge on any atom is -0.501 e. The number of rotatable bonds is 1. The van der Waals surface area contributed by atoms with Crippen molar-refractivity contribution in [3.63, 3.8) is 0 Å². The van der Waals surface area contributed by atoms with Gasteiger partial charge >= 0.3 is 0 Å². The highest BCUT2D eigenvalue weighted by Gasteiger charge is 2.15. The fraction of sp³-hybridized carbons (Fsp3) is 0.273. The lowest BCUT2D eigenvalue weighted by molar-refractivity contribution is 0.210. The summed E-state index contributed by atoms with van der Waals surface area (Å²) in [5, 5.41) is 0. The molecule has 0 saturated heterocycles. The fourth-order valence-corrected chi connectivity index (χ4v) is 1.53. The molecule has 0 aliphatic carbocycles. The summed E-state index contributed by atoms with van der Waals surface area (Å²) in [4.78, 5) is 0. The molecule has 1 aliphatic rings. The lowest BCUT2D eigenvalue weighted by Crippen LogP contribution is -2.09. The van der Waals surface area contributed by atoms with Crippen LogP contribution >= 0.6 is 0 Å². The Hall–Kier alpha value is -1.38. The van der Waals surface area contributed by atoms with Crippen LogP contribution in [0.15, 0.2) is 30.5 Å². The first kappa shape index (κ1) is 9.19. The normalized spacial score (nSPS) is 20.6. The van der Waals surface area contributed by atoms with E-state index in [1.54, 1.807) is 12.3 Å². The van der Waals surface area contributed by atoms with Gasteiger partial charge in [-0.3, -0.25) is 0 Å². The fourth-order valence-electron chi connectivity index (χ4n) is 1.53. The van der Waals surface area contributed by atoms with E-state index in [1.165, 1.54) is 6.07 Å². The average molecular weight is 196 g/mol. The molecule has 0 spiro atoms. The molecule has 1 unspecified atom stereocenters. The highest BCUT2D eigenvalue weighted by molar-refractivity contribution is 5.23. The van der Waals surface area contributed by atoms with Gasteiger partial charge in [-0.2, -0.15) is 0 Å². The maximum atomic E-state index is 12.9. The topological polar surface area (TPSA) is 9.23 Å². The predicted molar refractivity (Wildman–Crippen MR) is 48.8 cm³/mol. The molecule has 0 aromatic heterocycles. The Morgan fingerprint density at radius 3 is 2.71 bits per heavy atom. The predicted octanol–water partition coefficient (Wildman–Crippen LogP) is 2.98. The SMILES string of the molecule is Fc1ccc(C2CC=COC2)cc1F. The molecule has 1 nitrogen and oxygen atoms in total. The van der Waals surface area contributed by atoms with Gasteiger partial charge in [0.15, 0.2) is 11.6 Å². The Labute approximate surface area is 81.0 Å². The number of allylic oxidation sites excluding steroid dienone is 1. The van der Waals surface area contributed by atoms with Crippen molar-refractivity contribution in [2.75, 3.05) is 6.61 Å². The number of hydrogen-bond acceptors (Lipinski definition) is 1. The van der Waals surface area contributed by atoms with E-state index in [-0.39, 0.29) is 5.92 Å². The van der Waals surface area contributed by atoms with Crippen LogP contribution in [0.25, 0.3) is 0 Å². The van der Waals surface area contributed by atoms with E-state index >= 15 is 0 Å². The number of halogens is 2. The van der Waals surface area contributed by atoms with Crippen LogP contribution in [0, 0.1) is 11.6 Å². The summed E-state index contributed by atoms with van der Waals surface area (Å²) in [6.45, 7) is 0.529. The van der Waals surface area contributed by atoms with Gasteiger partial charge in [-0.15, -0.1) is 0 Å². The van der Waals surface area contributed by atoms with Gasteiger partial charge in [0.1, 0.15) is 0 Å². The number of ether oxygens (including phenoxy) is 1. The molecule has 0 radical (unpaired) electrons. The smallest absolute Gasteiger partial charge is 0.159 e. The summed E-state index contributed by atoms with van der Waals surface area (Å²) < 4.78 is 30.7. The second-order valence-electron chi connectivity index (χ2n) is 3.31. The average Bonchev–Trinajstić information content (AvgIpc) is 2.23. The maximum Gasteiger partial charge on any atom is 0.159 e. The van der Waals surface area contributed by atoms with Gasteiger partial charge in [-0.25, -0.2) is 8.78 Å². The van der Waals surface area contributed by atoms with Crippen LogP contribution in [0.2, 0.25) is 0 Å². The molecule has 0 fully saturated rings. The van der Waals surface area contributed by atoms with Crippen molar-refractivity contribution in [1.82, 2.24) is 0 Å². The van der Waals surface area contributed by atoms with E-state index in [4.69, 9.17) is 4.74 Å². The largest absolute Gasteiger partial charge is 0.501 e. The maximum absolute atomic E-state index is 12.9. The molecule has 1 aromatic rings. The molecule has 1 heterocycles. The van der Waals surface area contributed by atoms with Crippen molar-refractivity contribution in [3.05, 3.63) is 47.7 Å². The van der Waals surface area contributed by atoms with E-state index in [2.05, 4.69) is 0 Å². The van der Waals surface area contributed by atoms with Crippen molar-refractivity contribution >= 4 is 0 Å². The molecule has 74 valence electrons. The molecule has 3 heteroatoms. The lowest BCUT2D eigenvalue weighted by Gasteiger charge is -2.18. The van der Waals surface area contributed by atoms with Crippen molar-refractivity contribution in [3.8, 4) is 0 Å². The molecular weight excluding hydrogens is 186 g/mol. The van der Waals surface area contributed by atoms with Gasteiger partial charge < -0.3 is 4.74 Å². The van der Waals surface area contributed by atoms with Gasteiger partial charge in [0, 0.05) is 5.92 Å². The van der Waals surface area contributed by atoms with Crippen molar-refractivity contribution in [1.29, 1.82) is 0 Å². The van der Waals surface area contributed by atoms with E-state index < -0.39 is 11.6 Å². The molecule has 2 rings (SSSR count). The zero-order valence-electron chi connectivity index (χ0n) is 7.54. The van der Waals surface area contributed by atoms with Crippen LogP contribution in [-0.4, -0.2) is 6.61 Å². The van der Waals surface area contributed by atoms with Crippen LogP contribution in [0.5, 0.6) is 0 Å². The first-order valence-electron chi connectivity index (χ1n) is 4.49. The zero-order valence-corrected chi connectivity index (χ0v) is 7.54. The van der Waals surface area contributed by atoms with E-state index in [9.17, 15) is 8.78 Å². The minimum atomic E-state index is -0.805. The third-order valence-corrected chi connectivity index (χ3v) is 2.33. The van der Waals surface area contributed by atoms with Gasteiger partial charge in [0.05, 0.1) is 12.9 Å². The molecular formula is C11H10F2O. The van der Waals surface area contributed by atoms with Crippen LogP contribution < -0.4 is 0 Å². The summed E-state index contributed by atoms with van der Waals surface area (Å²) in [5.74, 6) is -1.46. The van der Waals surface area contributed by atoms with Crippen LogP contribution in [0.1, 0.15) is 17.9 Å². The third-order valence-electron chi connectivity index (χ3n) is 2.33. The summed E-state index contributed by atoms with van der Waals surface area (Å²) >= 11 is 0. The first-order valence-corrected chi connectivity index (χ1v) is 4.49. The van der Waals surface area contributed by atoms with Gasteiger partial charge in [0.25, 0.3) is 0 Å². The zero-order chi connectivity index (χ0) is 9.97. The Balaban J connectivity index is 2.23. The molecule has 0 saturated carbocycles. The molecule has 0 bridgehead atoms. The van der Waals surface area contributed by atoms with E-state index in [1.807, 2.05) is 6.08 Å². The summed E-state index contributed by atoms with van der Waals surface area (Å²) in [6, 6.07) is 4.00. The molecule has 1 atom stereocenters. The number of hydrogen-bond donors (Lipinski definition) is 0. The molecule has 14 heavy (non-hydrogen) atoms. The second-order valence-corrected chi connectivity index (χ2v) is 3.31. The highest BCUT2D eigenvalue weighted by atomic mass is 19.2. The van der Waals surface area contributed by atoms with Crippen LogP contribution in [-0.2, 0) is 4.74 Å². The minimum absolute atomic E-state index is 0.134. The van der Waals surface area contributed by atoms with Gasteiger partial charge in [-0.1, -0.05) is 6.07 Å². The molecule has 1 aliphatic heterocycles. The Bertz CT molecular complexity index is 360. The van der Waals surface area contributed by atoms with Gasteiger partial charge in [0.2, 0.25) is 0 Å². The lowest BCUT2D eigenvalue weighted by atomic mass is 9.95. The van der Waals surface area contributed by atoms with Crippen molar-refractivity contribution in [2.45, 2.75) is 12.3 Å².